The second-order valence-electron chi connectivity index (χ2n) is 6.66. The van der Waals surface area contributed by atoms with E-state index >= 15 is 0 Å². The molecule has 0 saturated carbocycles. The molecule has 0 aliphatic carbocycles. The Morgan fingerprint density at radius 3 is 2.28 bits per heavy atom. The molecule has 0 atom stereocenters. The van der Waals surface area contributed by atoms with Gasteiger partial charge in [0.25, 0.3) is 0 Å². The lowest BCUT2D eigenvalue weighted by atomic mass is 10.1. The summed E-state index contributed by atoms with van der Waals surface area (Å²) in [6.45, 7) is -1.57. The minimum Gasteiger partial charge on any atom is -0.360 e. The van der Waals surface area contributed by atoms with Crippen LogP contribution in [-0.2, 0) is 0 Å². The maximum absolute atomic E-state index is 14.4. The van der Waals surface area contributed by atoms with E-state index in [1.54, 1.807) is 30.3 Å². The van der Waals surface area contributed by atoms with Gasteiger partial charge in [-0.05, 0) is 11.5 Å². The number of rotatable bonds is 4. The zero-order chi connectivity index (χ0) is 23.0. The highest BCUT2D eigenvalue weighted by molar-refractivity contribution is 6.33. The standard InChI is InChI=1S/C21H11ClF6N4/c22-18-16(15-13(24)7-11(23)8-14(15)25)19(30-9-21(26,27)28)32-20(31-18)17-12-4-2-1-3-10(12)5-6-29-17/h1-8H,9H2,(H,30,31,32). The summed E-state index contributed by atoms with van der Waals surface area (Å²) < 4.78 is 80.8. The quantitative estimate of drug-likeness (QED) is 0.278. The molecule has 164 valence electrons. The van der Waals surface area contributed by atoms with Crippen molar-refractivity contribution in [1.82, 2.24) is 15.0 Å². The molecular formula is C21H11ClF6N4. The van der Waals surface area contributed by atoms with Crippen molar-refractivity contribution < 1.29 is 26.3 Å². The molecule has 0 aliphatic rings. The van der Waals surface area contributed by atoms with Gasteiger partial charge in [0, 0.05) is 23.7 Å². The molecule has 1 N–H and O–H groups in total. The predicted octanol–water partition coefficient (Wildman–Crippen LogP) is 6.40. The number of anilines is 1. The number of hydrogen-bond donors (Lipinski definition) is 1. The molecule has 4 aromatic rings. The number of nitrogens with zero attached hydrogens (tertiary/aromatic N) is 3. The van der Waals surface area contributed by atoms with E-state index in [1.165, 1.54) is 6.20 Å². The molecule has 0 amide bonds. The number of alkyl halides is 3. The summed E-state index contributed by atoms with van der Waals surface area (Å²) in [5.41, 5.74) is -1.24. The molecule has 4 rings (SSSR count). The SMILES string of the molecule is Fc1cc(F)c(-c2c(Cl)nc(-c3nccc4ccccc34)nc2NCC(F)(F)F)c(F)c1. The average Bonchev–Trinajstić information content (AvgIpc) is 2.72. The van der Waals surface area contributed by atoms with Crippen LogP contribution in [0.2, 0.25) is 5.15 Å². The van der Waals surface area contributed by atoms with E-state index in [0.29, 0.717) is 17.5 Å². The minimum atomic E-state index is -4.67. The molecule has 2 aromatic carbocycles. The molecule has 0 fully saturated rings. The van der Waals surface area contributed by atoms with Gasteiger partial charge in [-0.1, -0.05) is 35.9 Å². The molecule has 4 nitrogen and oxygen atoms in total. The fraction of sp³-hybridized carbons (Fsp3) is 0.0952. The monoisotopic (exact) mass is 468 g/mol. The Morgan fingerprint density at radius 1 is 0.906 bits per heavy atom. The van der Waals surface area contributed by atoms with Gasteiger partial charge in [-0.3, -0.25) is 4.98 Å². The fourth-order valence-electron chi connectivity index (χ4n) is 3.15. The van der Waals surface area contributed by atoms with E-state index in [2.05, 4.69) is 15.0 Å². The Morgan fingerprint density at radius 2 is 1.59 bits per heavy atom. The van der Waals surface area contributed by atoms with E-state index in [9.17, 15) is 26.3 Å². The Kier molecular flexibility index (Phi) is 5.64. The van der Waals surface area contributed by atoms with Gasteiger partial charge in [-0.2, -0.15) is 13.2 Å². The number of nitrogens with one attached hydrogen (secondary N) is 1. The third-order valence-electron chi connectivity index (χ3n) is 4.46. The van der Waals surface area contributed by atoms with Crippen LogP contribution < -0.4 is 5.32 Å². The number of hydrogen-bond acceptors (Lipinski definition) is 4. The predicted molar refractivity (Wildman–Crippen MR) is 108 cm³/mol. The summed E-state index contributed by atoms with van der Waals surface area (Å²) in [6, 6.07) is 9.44. The number of pyridine rings is 1. The second-order valence-corrected chi connectivity index (χ2v) is 7.01. The van der Waals surface area contributed by atoms with Gasteiger partial charge >= 0.3 is 6.18 Å². The fourth-order valence-corrected chi connectivity index (χ4v) is 3.42. The zero-order valence-corrected chi connectivity index (χ0v) is 16.6. The normalized spacial score (nSPS) is 11.7. The van der Waals surface area contributed by atoms with Crippen LogP contribution in [-0.4, -0.2) is 27.7 Å². The summed E-state index contributed by atoms with van der Waals surface area (Å²) in [5, 5.41) is 2.80. The largest absolute Gasteiger partial charge is 0.405 e. The van der Waals surface area contributed by atoms with Gasteiger partial charge in [-0.25, -0.2) is 23.1 Å². The van der Waals surface area contributed by atoms with Crippen molar-refractivity contribution in [1.29, 1.82) is 0 Å². The van der Waals surface area contributed by atoms with Crippen LogP contribution in [0.15, 0.2) is 48.7 Å². The smallest absolute Gasteiger partial charge is 0.360 e. The van der Waals surface area contributed by atoms with Gasteiger partial charge in [-0.15, -0.1) is 0 Å². The maximum Gasteiger partial charge on any atom is 0.405 e. The lowest BCUT2D eigenvalue weighted by Crippen LogP contribution is -2.22. The topological polar surface area (TPSA) is 50.7 Å². The minimum absolute atomic E-state index is 0.164. The molecule has 0 aliphatic heterocycles. The highest BCUT2D eigenvalue weighted by Crippen LogP contribution is 2.39. The van der Waals surface area contributed by atoms with Gasteiger partial charge in [0.15, 0.2) is 5.82 Å². The summed E-state index contributed by atoms with van der Waals surface area (Å²) in [6.07, 6.45) is -3.22. The van der Waals surface area contributed by atoms with Crippen molar-refractivity contribution >= 4 is 28.2 Å². The van der Waals surface area contributed by atoms with Crippen molar-refractivity contribution in [2.45, 2.75) is 6.18 Å². The van der Waals surface area contributed by atoms with Crippen LogP contribution in [0.3, 0.4) is 0 Å². The molecular weight excluding hydrogens is 458 g/mol. The number of benzene rings is 2. The first-order valence-corrected chi connectivity index (χ1v) is 9.39. The Balaban J connectivity index is 1.96. The van der Waals surface area contributed by atoms with E-state index in [1.807, 2.05) is 5.32 Å². The Hall–Kier alpha value is -3.40. The van der Waals surface area contributed by atoms with Crippen LogP contribution >= 0.6 is 11.6 Å². The molecule has 0 saturated heterocycles. The molecule has 0 unspecified atom stereocenters. The molecule has 0 bridgehead atoms. The van der Waals surface area contributed by atoms with Gasteiger partial charge in [0.1, 0.15) is 40.7 Å². The third-order valence-corrected chi connectivity index (χ3v) is 4.74. The summed E-state index contributed by atoms with van der Waals surface area (Å²) >= 11 is 6.18. The maximum atomic E-state index is 14.4. The van der Waals surface area contributed by atoms with Crippen molar-refractivity contribution in [2.24, 2.45) is 0 Å². The zero-order valence-electron chi connectivity index (χ0n) is 15.8. The van der Waals surface area contributed by atoms with Crippen LogP contribution in [0.25, 0.3) is 33.4 Å². The average molecular weight is 469 g/mol. The molecule has 32 heavy (non-hydrogen) atoms. The molecule has 11 heteroatoms. The first-order valence-electron chi connectivity index (χ1n) is 9.01. The van der Waals surface area contributed by atoms with Crippen LogP contribution in [0.1, 0.15) is 0 Å². The van der Waals surface area contributed by atoms with E-state index in [4.69, 9.17) is 11.6 Å². The van der Waals surface area contributed by atoms with E-state index in [-0.39, 0.29) is 11.5 Å². The lowest BCUT2D eigenvalue weighted by molar-refractivity contribution is -0.115. The van der Waals surface area contributed by atoms with Gasteiger partial charge < -0.3 is 5.32 Å². The van der Waals surface area contributed by atoms with Crippen molar-refractivity contribution in [2.75, 3.05) is 11.9 Å². The Bertz CT molecular complexity index is 1300. The summed E-state index contributed by atoms with van der Waals surface area (Å²) in [7, 11) is 0. The summed E-state index contributed by atoms with van der Waals surface area (Å²) in [5.74, 6) is -4.71. The number of halogens is 7. The lowest BCUT2D eigenvalue weighted by Gasteiger charge is -2.16. The highest BCUT2D eigenvalue weighted by atomic mass is 35.5. The summed E-state index contributed by atoms with van der Waals surface area (Å²) in [4.78, 5) is 12.3. The molecule has 0 spiro atoms. The van der Waals surface area contributed by atoms with Gasteiger partial charge in [0.2, 0.25) is 0 Å². The van der Waals surface area contributed by atoms with Crippen molar-refractivity contribution in [3.05, 3.63) is 71.3 Å². The molecule has 0 radical (unpaired) electrons. The van der Waals surface area contributed by atoms with Gasteiger partial charge in [0.05, 0.1) is 11.1 Å². The Labute approximate surface area is 181 Å². The number of fused-ring (bicyclic) bond motifs is 1. The van der Waals surface area contributed by atoms with Crippen molar-refractivity contribution in [3.63, 3.8) is 0 Å². The first-order chi connectivity index (χ1) is 15.1. The van der Waals surface area contributed by atoms with Crippen LogP contribution in [0, 0.1) is 17.5 Å². The van der Waals surface area contributed by atoms with Crippen LogP contribution in [0.4, 0.5) is 32.2 Å². The molecule has 2 heterocycles. The number of aromatic nitrogens is 3. The third kappa shape index (κ3) is 4.31. The van der Waals surface area contributed by atoms with E-state index in [0.717, 1.165) is 5.39 Å². The van der Waals surface area contributed by atoms with Crippen LogP contribution in [0.5, 0.6) is 0 Å². The van der Waals surface area contributed by atoms with E-state index < -0.39 is 52.3 Å². The highest BCUT2D eigenvalue weighted by Gasteiger charge is 2.30. The first kappa shape index (κ1) is 21.8. The van der Waals surface area contributed by atoms with Crippen molar-refractivity contribution in [3.8, 4) is 22.6 Å². The second kappa shape index (κ2) is 8.27. The molecule has 2 aromatic heterocycles.